The molecule has 1 saturated carbocycles. The molecule has 0 N–H and O–H groups in total. The van der Waals surface area contributed by atoms with Gasteiger partial charge in [0, 0.05) is 29.4 Å². The topological polar surface area (TPSA) is 39.4 Å². The van der Waals surface area contributed by atoms with Crippen LogP contribution in [-0.4, -0.2) is 28.3 Å². The summed E-state index contributed by atoms with van der Waals surface area (Å²) in [4.78, 5) is 8.72. The zero-order valence-electron chi connectivity index (χ0n) is 13.0. The van der Waals surface area contributed by atoms with Crippen LogP contribution in [-0.2, 0) is 11.4 Å². The number of alkyl halides is 2. The number of oxime groups is 1. The van der Waals surface area contributed by atoms with Crippen molar-refractivity contribution in [2.24, 2.45) is 11.1 Å². The van der Waals surface area contributed by atoms with Crippen molar-refractivity contribution >= 4 is 5.71 Å². The number of hydrogen-bond acceptors (Lipinski definition) is 3. The molecular formula is C18H17F2N3O. The fourth-order valence-corrected chi connectivity index (χ4v) is 2.06. The van der Waals surface area contributed by atoms with Crippen molar-refractivity contribution in [3.05, 3.63) is 54.1 Å². The van der Waals surface area contributed by atoms with Crippen molar-refractivity contribution in [3.8, 4) is 11.8 Å². The fourth-order valence-electron chi connectivity index (χ4n) is 2.06. The van der Waals surface area contributed by atoms with Crippen LogP contribution in [0.15, 0.2) is 48.1 Å². The molecule has 24 heavy (non-hydrogen) atoms. The quantitative estimate of drug-likeness (QED) is 0.463. The number of benzene rings is 1. The van der Waals surface area contributed by atoms with Crippen LogP contribution in [0.4, 0.5) is 8.78 Å². The maximum Gasteiger partial charge on any atom is 0.274 e. The highest BCUT2D eigenvalue weighted by molar-refractivity contribution is 6.00. The van der Waals surface area contributed by atoms with E-state index in [-0.39, 0.29) is 0 Å². The van der Waals surface area contributed by atoms with Crippen molar-refractivity contribution in [1.82, 2.24) is 9.55 Å². The van der Waals surface area contributed by atoms with Crippen molar-refractivity contribution in [1.29, 1.82) is 0 Å². The average molecular weight is 329 g/mol. The number of halogens is 2. The largest absolute Gasteiger partial charge is 0.389 e. The molecule has 0 saturated heterocycles. The van der Waals surface area contributed by atoms with Crippen LogP contribution in [0.5, 0.6) is 0 Å². The van der Waals surface area contributed by atoms with Crippen molar-refractivity contribution < 1.29 is 13.6 Å². The minimum absolute atomic E-state index is 0.385. The lowest BCUT2D eigenvalue weighted by Crippen LogP contribution is -2.12. The van der Waals surface area contributed by atoms with Gasteiger partial charge in [-0.15, -0.1) is 0 Å². The molecule has 3 rings (SSSR count). The molecule has 1 heterocycles. The zero-order valence-corrected chi connectivity index (χ0v) is 13.0. The fraction of sp³-hybridized carbons (Fsp3) is 0.333. The molecule has 0 atom stereocenters. The minimum atomic E-state index is -2.55. The highest BCUT2D eigenvalue weighted by atomic mass is 19.3. The number of imidazole rings is 1. The van der Waals surface area contributed by atoms with Gasteiger partial charge < -0.3 is 9.40 Å². The lowest BCUT2D eigenvalue weighted by atomic mass is 10.1. The lowest BCUT2D eigenvalue weighted by Gasteiger charge is -2.08. The summed E-state index contributed by atoms with van der Waals surface area (Å²) in [6.45, 7) is -0.339. The Morgan fingerprint density at radius 1 is 1.33 bits per heavy atom. The van der Waals surface area contributed by atoms with E-state index in [1.54, 1.807) is 23.3 Å². The van der Waals surface area contributed by atoms with Crippen LogP contribution in [0, 0.1) is 17.8 Å². The summed E-state index contributed by atoms with van der Waals surface area (Å²) < 4.78 is 26.3. The molecule has 0 unspecified atom stereocenters. The molecule has 0 spiro atoms. The van der Waals surface area contributed by atoms with Crippen LogP contribution >= 0.6 is 0 Å². The number of aromatic nitrogens is 2. The van der Waals surface area contributed by atoms with E-state index in [4.69, 9.17) is 4.84 Å². The highest BCUT2D eigenvalue weighted by Crippen LogP contribution is 2.27. The van der Waals surface area contributed by atoms with Crippen LogP contribution < -0.4 is 0 Å². The monoisotopic (exact) mass is 329 g/mol. The van der Waals surface area contributed by atoms with Gasteiger partial charge in [0.1, 0.15) is 5.71 Å². The van der Waals surface area contributed by atoms with Crippen LogP contribution in [0.2, 0.25) is 0 Å². The van der Waals surface area contributed by atoms with E-state index in [9.17, 15) is 8.78 Å². The molecule has 0 radical (unpaired) electrons. The average Bonchev–Trinajstić information content (AvgIpc) is 3.27. The molecule has 0 amide bonds. The number of nitrogens with zero attached hydrogens (tertiary/aromatic N) is 3. The van der Waals surface area contributed by atoms with E-state index in [2.05, 4.69) is 22.0 Å². The van der Waals surface area contributed by atoms with E-state index in [0.717, 1.165) is 11.1 Å². The lowest BCUT2D eigenvalue weighted by molar-refractivity contribution is 0.0201. The Bertz CT molecular complexity index is 739. The van der Waals surface area contributed by atoms with E-state index >= 15 is 0 Å². The molecule has 1 aromatic carbocycles. The molecule has 124 valence electrons. The molecule has 1 fully saturated rings. The van der Waals surface area contributed by atoms with Gasteiger partial charge >= 0.3 is 0 Å². The van der Waals surface area contributed by atoms with Gasteiger partial charge in [-0.1, -0.05) is 29.1 Å². The normalized spacial score (nSPS) is 14.4. The Kier molecular flexibility index (Phi) is 5.22. The van der Waals surface area contributed by atoms with Gasteiger partial charge in [-0.05, 0) is 25.0 Å². The van der Waals surface area contributed by atoms with E-state index in [0.29, 0.717) is 18.2 Å². The minimum Gasteiger partial charge on any atom is -0.389 e. The van der Waals surface area contributed by atoms with E-state index in [1.807, 2.05) is 24.3 Å². The van der Waals surface area contributed by atoms with Gasteiger partial charge in [0.2, 0.25) is 0 Å². The van der Waals surface area contributed by atoms with Crippen LogP contribution in [0.3, 0.4) is 0 Å². The van der Waals surface area contributed by atoms with E-state index < -0.39 is 13.0 Å². The second-order valence-corrected chi connectivity index (χ2v) is 5.58. The molecule has 2 aromatic rings. The van der Waals surface area contributed by atoms with Gasteiger partial charge in [-0.25, -0.2) is 13.8 Å². The summed E-state index contributed by atoms with van der Waals surface area (Å²) >= 11 is 0. The summed E-state index contributed by atoms with van der Waals surface area (Å²) in [6, 6.07) is 7.55. The van der Waals surface area contributed by atoms with Crippen LogP contribution in [0.1, 0.15) is 24.0 Å². The second-order valence-electron chi connectivity index (χ2n) is 5.58. The summed E-state index contributed by atoms with van der Waals surface area (Å²) in [5.74, 6) is 6.89. The SMILES string of the molecule is FC(F)CON=C(Cn1ccnc1)c1ccc(C#CC2CC2)cc1. The van der Waals surface area contributed by atoms with Gasteiger partial charge in [-0.2, -0.15) is 0 Å². The standard InChI is InChI=1S/C18H17F2N3O/c19-18(20)12-24-22-17(11-23-10-9-21-13-23)16-7-5-15(6-8-16)4-3-14-1-2-14/h5-10,13-14,18H,1-2,11-12H2. The zero-order chi connectivity index (χ0) is 16.8. The maximum absolute atomic E-state index is 12.2. The van der Waals surface area contributed by atoms with Gasteiger partial charge in [0.15, 0.2) is 6.61 Å². The summed E-state index contributed by atoms with van der Waals surface area (Å²) in [5, 5.41) is 3.87. The first-order valence-electron chi connectivity index (χ1n) is 7.75. The smallest absolute Gasteiger partial charge is 0.274 e. The molecule has 1 aliphatic rings. The summed E-state index contributed by atoms with van der Waals surface area (Å²) in [5.41, 5.74) is 2.28. The predicted octanol–water partition coefficient (Wildman–Crippen LogP) is 3.33. The molecule has 4 nitrogen and oxygen atoms in total. The van der Waals surface area contributed by atoms with Crippen molar-refractivity contribution in [3.63, 3.8) is 0 Å². The Balaban J connectivity index is 1.74. The predicted molar refractivity (Wildman–Crippen MR) is 86.8 cm³/mol. The second kappa shape index (κ2) is 7.73. The Morgan fingerprint density at radius 2 is 2.12 bits per heavy atom. The maximum atomic E-state index is 12.2. The molecule has 0 bridgehead atoms. The molecule has 1 aliphatic carbocycles. The summed E-state index contributed by atoms with van der Waals surface area (Å²) in [7, 11) is 0. The number of rotatable bonds is 6. The molecule has 1 aromatic heterocycles. The van der Waals surface area contributed by atoms with E-state index in [1.165, 1.54) is 12.8 Å². The Hall–Kier alpha value is -2.68. The van der Waals surface area contributed by atoms with Crippen molar-refractivity contribution in [2.45, 2.75) is 25.8 Å². The molecular weight excluding hydrogens is 312 g/mol. The molecule has 0 aliphatic heterocycles. The third-order valence-electron chi connectivity index (χ3n) is 3.48. The van der Waals surface area contributed by atoms with Crippen LogP contribution in [0.25, 0.3) is 0 Å². The van der Waals surface area contributed by atoms with Gasteiger partial charge in [0.05, 0.1) is 12.9 Å². The first-order valence-corrected chi connectivity index (χ1v) is 7.75. The third-order valence-corrected chi connectivity index (χ3v) is 3.48. The first kappa shape index (κ1) is 16.2. The Morgan fingerprint density at radius 3 is 2.75 bits per heavy atom. The summed E-state index contributed by atoms with van der Waals surface area (Å²) in [6.07, 6.45) is 4.88. The molecule has 6 heteroatoms. The van der Waals surface area contributed by atoms with Gasteiger partial charge in [0.25, 0.3) is 6.43 Å². The highest BCUT2D eigenvalue weighted by Gasteiger charge is 2.17. The first-order chi connectivity index (χ1) is 11.7. The number of hydrogen-bond donors (Lipinski definition) is 0. The Labute approximate surface area is 139 Å². The van der Waals surface area contributed by atoms with Crippen molar-refractivity contribution in [2.75, 3.05) is 6.61 Å². The van der Waals surface area contributed by atoms with Gasteiger partial charge in [-0.3, -0.25) is 0 Å². The third kappa shape index (κ3) is 4.92.